The lowest BCUT2D eigenvalue weighted by Crippen LogP contribution is -2.68. The monoisotopic (exact) mass is 1100 g/mol. The Morgan fingerprint density at radius 2 is 1.12 bits per heavy atom. The van der Waals surface area contributed by atoms with Crippen molar-refractivity contribution in [2.75, 3.05) is 26.4 Å². The molecule has 442 valence electrons. The quantitative estimate of drug-likeness (QED) is 0.0569. The Balaban J connectivity index is 0.888. The molecule has 5 aliphatic carbocycles. The summed E-state index contributed by atoms with van der Waals surface area (Å²) in [5, 5.41) is 150. The number of aliphatic hydroxyl groups excluding tert-OH is 14. The first-order chi connectivity index (χ1) is 36.1. The van der Waals surface area contributed by atoms with E-state index < -0.39 is 166 Å². The molecule has 0 amide bonds. The molecule has 9 aliphatic rings. The number of hydrogen-bond acceptors (Lipinski definition) is 23. The van der Waals surface area contributed by atoms with Crippen LogP contribution in [0.1, 0.15) is 113 Å². The number of esters is 1. The number of hydrogen-bond donors (Lipinski definition) is 14. The second-order valence-electron chi connectivity index (χ2n) is 26.1. The fourth-order valence-corrected chi connectivity index (χ4v) is 16.5. The molecule has 23 nitrogen and oxygen atoms in total. The van der Waals surface area contributed by atoms with Crippen molar-refractivity contribution in [3.05, 3.63) is 11.6 Å². The van der Waals surface area contributed by atoms with Gasteiger partial charge in [0.1, 0.15) is 91.6 Å². The average molecular weight is 1110 g/mol. The van der Waals surface area contributed by atoms with Crippen LogP contribution in [0.25, 0.3) is 0 Å². The zero-order chi connectivity index (χ0) is 56.3. The molecule has 29 atom stereocenters. The third-order valence-corrected chi connectivity index (χ3v) is 21.5. The highest BCUT2D eigenvalue weighted by molar-refractivity contribution is 5.82. The molecule has 9 rings (SSSR count). The summed E-state index contributed by atoms with van der Waals surface area (Å²) in [6.45, 7) is 12.6. The molecule has 0 aromatic rings. The minimum atomic E-state index is -1.89. The van der Waals surface area contributed by atoms with Crippen molar-refractivity contribution in [3.63, 3.8) is 0 Å². The minimum Gasteiger partial charge on any atom is -0.432 e. The van der Waals surface area contributed by atoms with Crippen molar-refractivity contribution in [2.45, 2.75) is 242 Å². The molecule has 0 aromatic heterocycles. The lowest BCUT2D eigenvalue weighted by atomic mass is 9.32. The van der Waals surface area contributed by atoms with E-state index in [1.54, 1.807) is 0 Å². The van der Waals surface area contributed by atoms with E-state index in [0.717, 1.165) is 37.7 Å². The fraction of sp³-hybridized carbons (Fsp3) is 0.944. The van der Waals surface area contributed by atoms with Gasteiger partial charge in [0.05, 0.1) is 44.1 Å². The van der Waals surface area contributed by atoms with Gasteiger partial charge in [0.2, 0.25) is 6.29 Å². The van der Waals surface area contributed by atoms with Crippen LogP contribution in [0.5, 0.6) is 0 Å². The summed E-state index contributed by atoms with van der Waals surface area (Å²) in [6, 6.07) is 0. The van der Waals surface area contributed by atoms with Gasteiger partial charge in [0.15, 0.2) is 18.9 Å². The summed E-state index contributed by atoms with van der Waals surface area (Å²) in [6.07, 6.45) is -23.5. The van der Waals surface area contributed by atoms with Crippen LogP contribution in [-0.2, 0) is 42.7 Å². The van der Waals surface area contributed by atoms with Gasteiger partial charge in [-0.15, -0.1) is 0 Å². The summed E-state index contributed by atoms with van der Waals surface area (Å²) in [5.74, 6) is -0.485. The molecular weight excluding hydrogens is 1020 g/mol. The smallest absolute Gasteiger partial charge is 0.318 e. The molecule has 4 saturated carbocycles. The molecule has 0 aromatic carbocycles. The second kappa shape index (κ2) is 21.8. The standard InChI is InChI=1S/C54H88O23/c1-23-32(58)35(61)39(65)45(71-23)76-43-27(20-56)73-44(42(68)38(43)64)70-21-28-34(60)37(63)41(67)47(74-28)77-48(69)54-16-14-49(2,3)18-25(54)24-8-9-30-50(4)12-11-31(75-46-40(66)36(62)33(59)26(19-55)72-46)51(5,22-57)29(50)10-13-53(30,7)52(24,6)15-17-54/h18,23-24,26-47,55-68H,8-17,19-22H2,1-7H3. The van der Waals surface area contributed by atoms with Crippen LogP contribution in [0, 0.1) is 50.2 Å². The van der Waals surface area contributed by atoms with E-state index in [9.17, 15) is 71.5 Å². The Kier molecular flexibility index (Phi) is 17.0. The van der Waals surface area contributed by atoms with Crippen molar-refractivity contribution in [3.8, 4) is 0 Å². The van der Waals surface area contributed by atoms with Crippen molar-refractivity contribution in [2.24, 2.45) is 50.2 Å². The lowest BCUT2D eigenvalue weighted by molar-refractivity contribution is -0.361. The predicted molar refractivity (Wildman–Crippen MR) is 263 cm³/mol. The zero-order valence-electron chi connectivity index (χ0n) is 45.3. The maximum absolute atomic E-state index is 15.1. The predicted octanol–water partition coefficient (Wildman–Crippen LogP) is -2.04. The number of carbonyl (C=O) groups is 1. The maximum Gasteiger partial charge on any atom is 0.318 e. The summed E-state index contributed by atoms with van der Waals surface area (Å²) in [7, 11) is 0. The molecule has 4 aliphatic heterocycles. The molecule has 29 unspecified atom stereocenters. The van der Waals surface area contributed by atoms with Crippen LogP contribution >= 0.6 is 0 Å². The molecule has 0 radical (unpaired) electrons. The number of carbonyl (C=O) groups excluding carboxylic acids is 1. The third-order valence-electron chi connectivity index (χ3n) is 21.5. The highest BCUT2D eigenvalue weighted by Crippen LogP contribution is 2.76. The van der Waals surface area contributed by atoms with Gasteiger partial charge in [-0.25, -0.2) is 0 Å². The molecule has 0 bridgehead atoms. The van der Waals surface area contributed by atoms with Crippen LogP contribution in [0.15, 0.2) is 11.6 Å². The highest BCUT2D eigenvalue weighted by Gasteiger charge is 2.71. The first-order valence-electron chi connectivity index (χ1n) is 27.9. The van der Waals surface area contributed by atoms with E-state index in [0.29, 0.717) is 32.1 Å². The van der Waals surface area contributed by atoms with E-state index in [2.05, 4.69) is 40.7 Å². The van der Waals surface area contributed by atoms with Crippen LogP contribution < -0.4 is 0 Å². The molecule has 77 heavy (non-hydrogen) atoms. The SMILES string of the molecule is CC1OC(OC2C(CO)OC(OCC3OC(OC(=O)C45CCC(C)(C)C=C4C4CCC6C7(C)CCC(OC8OC(CO)C(O)C(O)C8O)C(C)(CO)C7CCC6(C)C4(C)CC5)C(O)C(O)C3O)C(O)C2O)C(O)C(O)C1O. The van der Waals surface area contributed by atoms with Crippen molar-refractivity contribution in [1.29, 1.82) is 0 Å². The number of ether oxygens (including phenoxy) is 8. The van der Waals surface area contributed by atoms with Gasteiger partial charge in [-0.2, -0.15) is 0 Å². The average Bonchev–Trinajstić information content (AvgIpc) is 3.53. The van der Waals surface area contributed by atoms with Crippen LogP contribution in [0.2, 0.25) is 0 Å². The van der Waals surface area contributed by atoms with Gasteiger partial charge in [0.25, 0.3) is 0 Å². The summed E-state index contributed by atoms with van der Waals surface area (Å²) in [5.41, 5.74) is -1.98. The Morgan fingerprint density at radius 1 is 0.545 bits per heavy atom. The van der Waals surface area contributed by atoms with Gasteiger partial charge in [-0.05, 0) is 111 Å². The molecule has 0 spiro atoms. The highest BCUT2D eigenvalue weighted by atomic mass is 16.8. The fourth-order valence-electron chi connectivity index (χ4n) is 16.5. The Hall–Kier alpha value is -1.63. The number of aliphatic hydroxyl groups is 14. The first kappa shape index (κ1) is 60.0. The van der Waals surface area contributed by atoms with E-state index >= 15 is 4.79 Å². The van der Waals surface area contributed by atoms with Gasteiger partial charge in [0, 0.05) is 5.41 Å². The Bertz CT molecular complexity index is 2110. The summed E-state index contributed by atoms with van der Waals surface area (Å²) < 4.78 is 47.1. The van der Waals surface area contributed by atoms with Gasteiger partial charge in [-0.3, -0.25) is 4.79 Å². The number of rotatable bonds is 12. The van der Waals surface area contributed by atoms with E-state index in [4.69, 9.17) is 37.9 Å². The molecule has 4 heterocycles. The third kappa shape index (κ3) is 9.80. The van der Waals surface area contributed by atoms with Gasteiger partial charge >= 0.3 is 5.97 Å². The Morgan fingerprint density at radius 3 is 1.77 bits per heavy atom. The molecule has 23 heteroatoms. The van der Waals surface area contributed by atoms with E-state index in [1.807, 2.05) is 6.92 Å². The van der Waals surface area contributed by atoms with Crippen LogP contribution in [0.4, 0.5) is 0 Å². The van der Waals surface area contributed by atoms with E-state index in [-0.39, 0.29) is 46.0 Å². The number of fused-ring (bicyclic) bond motifs is 7. The van der Waals surface area contributed by atoms with Gasteiger partial charge < -0.3 is 109 Å². The minimum absolute atomic E-state index is 0.0103. The normalized spacial score (nSPS) is 54.7. The molecule has 4 saturated heterocycles. The summed E-state index contributed by atoms with van der Waals surface area (Å²) >= 11 is 0. The zero-order valence-corrected chi connectivity index (χ0v) is 45.3. The Labute approximate surface area is 449 Å². The summed E-state index contributed by atoms with van der Waals surface area (Å²) in [4.78, 5) is 15.1. The first-order valence-corrected chi connectivity index (χ1v) is 27.9. The van der Waals surface area contributed by atoms with Crippen molar-refractivity contribution < 1.29 is 114 Å². The second-order valence-corrected chi connectivity index (χ2v) is 26.1. The molecule has 14 N–H and O–H groups in total. The lowest BCUT2D eigenvalue weighted by Gasteiger charge is -2.72. The van der Waals surface area contributed by atoms with Crippen LogP contribution in [0.3, 0.4) is 0 Å². The van der Waals surface area contributed by atoms with E-state index in [1.165, 1.54) is 6.92 Å². The largest absolute Gasteiger partial charge is 0.432 e. The molecular formula is C54H88O23. The maximum atomic E-state index is 15.1. The van der Waals surface area contributed by atoms with Crippen molar-refractivity contribution >= 4 is 5.97 Å². The van der Waals surface area contributed by atoms with Crippen molar-refractivity contribution in [1.82, 2.24) is 0 Å². The molecule has 8 fully saturated rings. The van der Waals surface area contributed by atoms with Gasteiger partial charge in [-0.1, -0.05) is 53.2 Å². The topological polar surface area (TPSA) is 374 Å². The van der Waals surface area contributed by atoms with Crippen LogP contribution in [-0.4, -0.2) is 233 Å². The number of allylic oxidation sites excluding steroid dienone is 1.